The van der Waals surface area contributed by atoms with E-state index in [1.54, 1.807) is 34.6 Å². The molecule has 1 saturated heterocycles. The number of fused-ring (bicyclic) bond motifs is 1. The van der Waals surface area contributed by atoms with Gasteiger partial charge in [0.2, 0.25) is 0 Å². The number of esters is 2. The lowest BCUT2D eigenvalue weighted by Gasteiger charge is -2.30. The van der Waals surface area contributed by atoms with Gasteiger partial charge in [-0.15, -0.1) is 0 Å². The second kappa shape index (κ2) is 10.1. The third kappa shape index (κ3) is 5.60. The molecule has 1 aromatic rings. The van der Waals surface area contributed by atoms with Crippen molar-refractivity contribution in [1.82, 2.24) is 4.90 Å². The average Bonchev–Trinajstić information content (AvgIpc) is 3.37. The molecule has 2 aliphatic rings. The van der Waals surface area contributed by atoms with Crippen LogP contribution in [0.4, 0.5) is 9.18 Å². The summed E-state index contributed by atoms with van der Waals surface area (Å²) in [5.74, 6) is -4.62. The maximum atomic E-state index is 14.8. The van der Waals surface area contributed by atoms with Crippen LogP contribution < -0.4 is 0 Å². The number of ether oxygens (including phenoxy) is 3. The van der Waals surface area contributed by atoms with E-state index in [2.05, 4.69) is 0 Å². The molecule has 1 aromatic carbocycles. The number of nitrogens with zero attached hydrogens (tertiary/aromatic N) is 1. The molecule has 35 heavy (non-hydrogen) atoms. The number of amides is 1. The SMILES string of the molecule is CCOC(=O)C(CC(=O)C1[C@@H]2C[C@]2(c2cc(Cl)ccc2F)CN1C(=O)OC(C)(C)C)C(=O)OCC. The average molecular weight is 512 g/mol. The van der Waals surface area contributed by atoms with Gasteiger partial charge in [0, 0.05) is 23.4 Å². The van der Waals surface area contributed by atoms with Crippen LogP contribution in [0.5, 0.6) is 0 Å². The normalized spacial score (nSPS) is 23.0. The van der Waals surface area contributed by atoms with Gasteiger partial charge < -0.3 is 14.2 Å². The summed E-state index contributed by atoms with van der Waals surface area (Å²) in [6.07, 6.45) is -0.788. The number of rotatable bonds is 8. The van der Waals surface area contributed by atoms with Gasteiger partial charge in [0.1, 0.15) is 11.4 Å². The Bertz CT molecular complexity index is 1010. The lowest BCUT2D eigenvalue weighted by molar-refractivity contribution is -0.163. The van der Waals surface area contributed by atoms with Crippen molar-refractivity contribution in [2.24, 2.45) is 11.8 Å². The summed E-state index contributed by atoms with van der Waals surface area (Å²) >= 11 is 6.12. The standard InChI is InChI=1S/C25H31ClFNO7/c1-6-33-21(30)15(22(31)34-7-2)11-19(29)20-17-12-25(17,16-10-14(26)8-9-18(16)27)13-28(20)23(32)35-24(3,4)5/h8-10,15,17,20H,6-7,11-13H2,1-5H3/t17-,20?,25+/m0/s1. The molecule has 1 unspecified atom stereocenters. The molecular weight excluding hydrogens is 481 g/mol. The monoisotopic (exact) mass is 511 g/mol. The Morgan fingerprint density at radius 2 is 1.74 bits per heavy atom. The van der Waals surface area contributed by atoms with Crippen LogP contribution in [-0.4, -0.2) is 60.1 Å². The molecule has 0 N–H and O–H groups in total. The lowest BCUT2D eigenvalue weighted by Crippen LogP contribution is -2.47. The van der Waals surface area contributed by atoms with Crippen molar-refractivity contribution in [3.05, 3.63) is 34.6 Å². The Kier molecular flexibility index (Phi) is 7.79. The minimum absolute atomic E-state index is 0.0240. The van der Waals surface area contributed by atoms with Crippen molar-refractivity contribution < 1.29 is 37.8 Å². The fourth-order valence-corrected chi connectivity index (χ4v) is 4.96. The Morgan fingerprint density at radius 3 is 2.29 bits per heavy atom. The maximum Gasteiger partial charge on any atom is 0.410 e. The van der Waals surface area contributed by atoms with Crippen molar-refractivity contribution in [2.75, 3.05) is 19.8 Å². The molecule has 8 nitrogen and oxygen atoms in total. The topological polar surface area (TPSA) is 99.2 Å². The highest BCUT2D eigenvalue weighted by molar-refractivity contribution is 6.30. The van der Waals surface area contributed by atoms with Gasteiger partial charge >= 0.3 is 18.0 Å². The van der Waals surface area contributed by atoms with E-state index in [0.717, 1.165) is 0 Å². The Morgan fingerprint density at radius 1 is 1.14 bits per heavy atom. The summed E-state index contributed by atoms with van der Waals surface area (Å²) in [6.45, 7) is 8.35. The summed E-state index contributed by atoms with van der Waals surface area (Å²) in [4.78, 5) is 52.7. The predicted molar refractivity (Wildman–Crippen MR) is 124 cm³/mol. The minimum Gasteiger partial charge on any atom is -0.465 e. The van der Waals surface area contributed by atoms with Gasteiger partial charge in [-0.1, -0.05) is 11.6 Å². The number of ketones is 1. The molecule has 3 rings (SSSR count). The van der Waals surface area contributed by atoms with Crippen LogP contribution in [0.15, 0.2) is 18.2 Å². The van der Waals surface area contributed by atoms with Crippen LogP contribution >= 0.6 is 11.6 Å². The molecule has 10 heteroatoms. The van der Waals surface area contributed by atoms with Gasteiger partial charge in [0.25, 0.3) is 0 Å². The molecule has 192 valence electrons. The molecule has 1 aliphatic carbocycles. The van der Waals surface area contributed by atoms with Crippen LogP contribution in [0.1, 0.15) is 53.0 Å². The van der Waals surface area contributed by atoms with Crippen LogP contribution in [0.3, 0.4) is 0 Å². The molecule has 0 aromatic heterocycles. The first kappa shape index (κ1) is 26.9. The number of benzene rings is 1. The number of Topliss-reactive ketones (excluding diaryl/α,β-unsaturated/α-hetero) is 1. The summed E-state index contributed by atoms with van der Waals surface area (Å²) in [7, 11) is 0. The van der Waals surface area contributed by atoms with E-state index in [9.17, 15) is 23.6 Å². The third-order valence-corrected chi connectivity index (χ3v) is 6.51. The number of halogens is 2. The molecule has 1 heterocycles. The predicted octanol–water partition coefficient (Wildman–Crippen LogP) is 4.06. The largest absolute Gasteiger partial charge is 0.465 e. The number of hydrogen-bond donors (Lipinski definition) is 0. The second-order valence-corrected chi connectivity index (χ2v) is 10.3. The first-order valence-corrected chi connectivity index (χ1v) is 12.0. The van der Waals surface area contributed by atoms with E-state index in [1.807, 2.05) is 0 Å². The van der Waals surface area contributed by atoms with Crippen molar-refractivity contribution in [1.29, 1.82) is 0 Å². The number of carbonyl (C=O) groups is 4. The van der Waals surface area contributed by atoms with Crippen molar-refractivity contribution in [3.63, 3.8) is 0 Å². The fraction of sp³-hybridized carbons (Fsp3) is 0.600. The van der Waals surface area contributed by atoms with E-state index >= 15 is 0 Å². The molecule has 3 atom stereocenters. The summed E-state index contributed by atoms with van der Waals surface area (Å²) in [5.41, 5.74) is -1.31. The molecule has 0 bridgehead atoms. The quantitative estimate of drug-likeness (QED) is 0.295. The zero-order valence-electron chi connectivity index (χ0n) is 20.6. The molecule has 0 radical (unpaired) electrons. The van der Waals surface area contributed by atoms with E-state index in [0.29, 0.717) is 17.0 Å². The zero-order chi connectivity index (χ0) is 26.1. The first-order valence-electron chi connectivity index (χ1n) is 11.7. The highest BCUT2D eigenvalue weighted by atomic mass is 35.5. The number of hydrogen-bond acceptors (Lipinski definition) is 7. The van der Waals surface area contributed by atoms with E-state index < -0.39 is 64.9 Å². The third-order valence-electron chi connectivity index (χ3n) is 6.27. The Balaban J connectivity index is 1.94. The summed E-state index contributed by atoms with van der Waals surface area (Å²) < 4.78 is 30.3. The molecule has 2 fully saturated rings. The van der Waals surface area contributed by atoms with Crippen molar-refractivity contribution in [2.45, 2.75) is 64.5 Å². The smallest absolute Gasteiger partial charge is 0.410 e. The molecule has 0 spiro atoms. The van der Waals surface area contributed by atoms with Gasteiger partial charge in [0.15, 0.2) is 11.7 Å². The Hall–Kier alpha value is -2.68. The lowest BCUT2D eigenvalue weighted by atomic mass is 9.91. The van der Waals surface area contributed by atoms with Crippen LogP contribution in [-0.2, 0) is 34.0 Å². The highest BCUT2D eigenvalue weighted by Crippen LogP contribution is 2.63. The van der Waals surface area contributed by atoms with Gasteiger partial charge in [0.05, 0.1) is 19.3 Å². The fourth-order valence-electron chi connectivity index (χ4n) is 4.79. The summed E-state index contributed by atoms with van der Waals surface area (Å²) in [6, 6.07) is 3.19. The second-order valence-electron chi connectivity index (χ2n) is 9.87. The number of likely N-dealkylation sites (tertiary alicyclic amines) is 1. The van der Waals surface area contributed by atoms with Gasteiger partial charge in [-0.05, 0) is 70.7 Å². The van der Waals surface area contributed by atoms with Gasteiger partial charge in [-0.25, -0.2) is 9.18 Å². The van der Waals surface area contributed by atoms with Crippen LogP contribution in [0.25, 0.3) is 0 Å². The zero-order valence-corrected chi connectivity index (χ0v) is 21.3. The number of piperidine rings is 1. The maximum absolute atomic E-state index is 14.8. The number of carbonyl (C=O) groups excluding carboxylic acids is 4. The van der Waals surface area contributed by atoms with Gasteiger partial charge in [-0.3, -0.25) is 19.3 Å². The molecule has 1 saturated carbocycles. The van der Waals surface area contributed by atoms with Crippen molar-refractivity contribution >= 4 is 35.4 Å². The van der Waals surface area contributed by atoms with Crippen molar-refractivity contribution in [3.8, 4) is 0 Å². The molecule has 1 aliphatic heterocycles. The summed E-state index contributed by atoms with van der Waals surface area (Å²) in [5, 5.41) is 0.338. The van der Waals surface area contributed by atoms with E-state index in [4.69, 9.17) is 25.8 Å². The Labute approximate surface area is 209 Å². The van der Waals surface area contributed by atoms with E-state index in [1.165, 1.54) is 23.1 Å². The molecular formula is C25H31ClFNO7. The highest BCUT2D eigenvalue weighted by Gasteiger charge is 2.69. The van der Waals surface area contributed by atoms with Gasteiger partial charge in [-0.2, -0.15) is 0 Å². The first-order chi connectivity index (χ1) is 16.3. The molecule has 1 amide bonds. The minimum atomic E-state index is -1.46. The van der Waals surface area contributed by atoms with Crippen LogP contribution in [0, 0.1) is 17.7 Å². The van der Waals surface area contributed by atoms with E-state index in [-0.39, 0.29) is 19.8 Å². The van der Waals surface area contributed by atoms with Crippen LogP contribution in [0.2, 0.25) is 5.02 Å².